The highest BCUT2D eigenvalue weighted by Crippen LogP contribution is 2.37. The Morgan fingerprint density at radius 3 is 2.14 bits per heavy atom. The number of esters is 1. The second kappa shape index (κ2) is 12.5. The molecule has 0 saturated heterocycles. The first kappa shape index (κ1) is 24.9. The summed E-state index contributed by atoms with van der Waals surface area (Å²) in [6.07, 6.45) is 14.6. The van der Waals surface area contributed by atoms with Crippen molar-refractivity contribution in [2.75, 3.05) is 6.61 Å². The van der Waals surface area contributed by atoms with Gasteiger partial charge in [0, 0.05) is 18.0 Å². The van der Waals surface area contributed by atoms with Crippen molar-refractivity contribution in [3.8, 4) is 22.9 Å². The summed E-state index contributed by atoms with van der Waals surface area (Å²) < 4.78 is 10.9. The Hall–Kier alpha value is -3.21. The molecule has 1 saturated carbocycles. The number of carbonyl (C=O) groups excluding carboxylic acids is 1. The predicted octanol–water partition coefficient (Wildman–Crippen LogP) is 7.62. The number of carbonyl (C=O) groups is 1. The molecule has 0 unspecified atom stereocenters. The minimum absolute atomic E-state index is 0.401. The molecule has 5 nitrogen and oxygen atoms in total. The van der Waals surface area contributed by atoms with Crippen molar-refractivity contribution >= 4 is 5.97 Å². The van der Waals surface area contributed by atoms with Gasteiger partial charge in [0.05, 0.1) is 12.2 Å². The highest BCUT2D eigenvalue weighted by atomic mass is 16.5. The normalized spacial score (nSPS) is 17.7. The van der Waals surface area contributed by atoms with Gasteiger partial charge < -0.3 is 9.47 Å². The zero-order valence-electron chi connectivity index (χ0n) is 20.9. The molecule has 2 aromatic carbocycles. The average Bonchev–Trinajstić information content (AvgIpc) is 2.90. The molecule has 184 valence electrons. The van der Waals surface area contributed by atoms with E-state index < -0.39 is 5.97 Å². The Morgan fingerprint density at radius 1 is 0.857 bits per heavy atom. The molecule has 35 heavy (non-hydrogen) atoms. The first-order chi connectivity index (χ1) is 17.2. The monoisotopic (exact) mass is 472 g/mol. The summed E-state index contributed by atoms with van der Waals surface area (Å²) in [5, 5.41) is 0. The van der Waals surface area contributed by atoms with E-state index in [0.29, 0.717) is 29.7 Å². The summed E-state index contributed by atoms with van der Waals surface area (Å²) in [4.78, 5) is 21.7. The highest BCUT2D eigenvalue weighted by Gasteiger charge is 2.22. The molecule has 0 spiro atoms. The van der Waals surface area contributed by atoms with Crippen LogP contribution in [0.2, 0.25) is 0 Å². The first-order valence-corrected chi connectivity index (χ1v) is 13.0. The van der Waals surface area contributed by atoms with E-state index in [9.17, 15) is 4.79 Å². The van der Waals surface area contributed by atoms with Crippen molar-refractivity contribution in [2.45, 2.75) is 71.1 Å². The molecule has 3 aromatic rings. The fourth-order valence-corrected chi connectivity index (χ4v) is 4.86. The summed E-state index contributed by atoms with van der Waals surface area (Å²) in [6, 6.07) is 14.3. The Morgan fingerprint density at radius 2 is 1.51 bits per heavy atom. The zero-order valence-corrected chi connectivity index (χ0v) is 20.9. The zero-order chi connectivity index (χ0) is 24.5. The van der Waals surface area contributed by atoms with E-state index in [1.165, 1.54) is 56.9 Å². The quantitative estimate of drug-likeness (QED) is 0.173. The molecule has 1 heterocycles. The van der Waals surface area contributed by atoms with Crippen LogP contribution in [0.1, 0.15) is 87.1 Å². The van der Waals surface area contributed by atoms with Gasteiger partial charge in [0.1, 0.15) is 11.5 Å². The number of aromatic nitrogens is 2. The van der Waals surface area contributed by atoms with Gasteiger partial charge in [-0.3, -0.25) is 0 Å². The molecular weight excluding hydrogens is 436 g/mol. The lowest BCUT2D eigenvalue weighted by Gasteiger charge is -2.28. The van der Waals surface area contributed by atoms with Gasteiger partial charge in [-0.1, -0.05) is 32.6 Å². The van der Waals surface area contributed by atoms with Crippen molar-refractivity contribution in [1.29, 1.82) is 0 Å². The lowest BCUT2D eigenvalue weighted by atomic mass is 9.77. The summed E-state index contributed by atoms with van der Waals surface area (Å²) in [6.45, 7) is 4.78. The van der Waals surface area contributed by atoms with E-state index >= 15 is 0 Å². The third kappa shape index (κ3) is 6.91. The summed E-state index contributed by atoms with van der Waals surface area (Å²) >= 11 is 0. The molecule has 0 bridgehead atoms. The van der Waals surface area contributed by atoms with Crippen molar-refractivity contribution in [3.05, 3.63) is 72.1 Å². The lowest BCUT2D eigenvalue weighted by molar-refractivity contribution is 0.0734. The van der Waals surface area contributed by atoms with Crippen LogP contribution >= 0.6 is 0 Å². The average molecular weight is 473 g/mol. The number of ether oxygens (including phenoxy) is 2. The van der Waals surface area contributed by atoms with Gasteiger partial charge in [-0.25, -0.2) is 14.8 Å². The van der Waals surface area contributed by atoms with E-state index in [0.717, 1.165) is 17.2 Å². The minimum atomic E-state index is -0.401. The molecule has 0 atom stereocenters. The third-order valence-electron chi connectivity index (χ3n) is 6.93. The van der Waals surface area contributed by atoms with Gasteiger partial charge in [0.2, 0.25) is 0 Å². The minimum Gasteiger partial charge on any atom is -0.494 e. The Kier molecular flexibility index (Phi) is 8.88. The lowest BCUT2D eigenvalue weighted by Crippen LogP contribution is -2.14. The summed E-state index contributed by atoms with van der Waals surface area (Å²) in [5.41, 5.74) is 2.63. The van der Waals surface area contributed by atoms with Crippen LogP contribution in [0.25, 0.3) is 11.4 Å². The van der Waals surface area contributed by atoms with Gasteiger partial charge >= 0.3 is 5.97 Å². The Balaban J connectivity index is 1.30. The number of hydrogen-bond acceptors (Lipinski definition) is 5. The largest absolute Gasteiger partial charge is 0.494 e. The van der Waals surface area contributed by atoms with Crippen LogP contribution < -0.4 is 9.47 Å². The molecular formula is C30H36N2O3. The smallest absolute Gasteiger partial charge is 0.343 e. The number of nitrogens with zero attached hydrogens (tertiary/aromatic N) is 2. The van der Waals surface area contributed by atoms with Crippen LogP contribution in [-0.4, -0.2) is 22.5 Å². The standard InChI is InChI=1S/C30H36N2O3/c1-3-5-6-7-22-8-10-23(11-9-22)26-20-31-29(32-21-26)24-12-18-28(19-13-24)35-30(33)25-14-16-27(17-15-25)34-4-2/h12-23H,3-11H2,1-2H3/t22-,23-. The molecule has 0 amide bonds. The molecule has 1 aliphatic rings. The molecule has 1 aliphatic carbocycles. The van der Waals surface area contributed by atoms with Crippen LogP contribution in [0, 0.1) is 5.92 Å². The Labute approximate surface area is 208 Å². The van der Waals surface area contributed by atoms with E-state index in [1.807, 2.05) is 31.5 Å². The van der Waals surface area contributed by atoms with Crippen LogP contribution in [0.15, 0.2) is 60.9 Å². The van der Waals surface area contributed by atoms with E-state index in [4.69, 9.17) is 9.47 Å². The molecule has 0 radical (unpaired) electrons. The van der Waals surface area contributed by atoms with Gasteiger partial charge in [-0.2, -0.15) is 0 Å². The van der Waals surface area contributed by atoms with Crippen molar-refractivity contribution < 1.29 is 14.3 Å². The van der Waals surface area contributed by atoms with Crippen molar-refractivity contribution in [2.24, 2.45) is 5.92 Å². The van der Waals surface area contributed by atoms with Gasteiger partial charge in [0.25, 0.3) is 0 Å². The van der Waals surface area contributed by atoms with Crippen molar-refractivity contribution in [3.63, 3.8) is 0 Å². The Bertz CT molecular complexity index is 1050. The van der Waals surface area contributed by atoms with Crippen molar-refractivity contribution in [1.82, 2.24) is 9.97 Å². The molecule has 5 heteroatoms. The molecule has 0 N–H and O–H groups in total. The molecule has 4 rings (SSSR count). The number of benzene rings is 2. The molecule has 1 fully saturated rings. The highest BCUT2D eigenvalue weighted by molar-refractivity contribution is 5.91. The van der Waals surface area contributed by atoms with Gasteiger partial charge in [-0.05, 0) is 98.5 Å². The maximum absolute atomic E-state index is 12.4. The molecule has 1 aromatic heterocycles. The summed E-state index contributed by atoms with van der Waals surface area (Å²) in [5.74, 6) is 2.98. The predicted molar refractivity (Wildman–Crippen MR) is 139 cm³/mol. The third-order valence-corrected chi connectivity index (χ3v) is 6.93. The number of unbranched alkanes of at least 4 members (excludes halogenated alkanes) is 2. The van der Waals surface area contributed by atoms with Gasteiger partial charge in [-0.15, -0.1) is 0 Å². The fraction of sp³-hybridized carbons (Fsp3) is 0.433. The maximum Gasteiger partial charge on any atom is 0.343 e. The summed E-state index contributed by atoms with van der Waals surface area (Å²) in [7, 11) is 0. The van der Waals surface area contributed by atoms with Crippen LogP contribution in [0.3, 0.4) is 0 Å². The SMILES string of the molecule is CCCCC[C@H]1CC[C@H](c2cnc(-c3ccc(OC(=O)c4ccc(OCC)cc4)cc3)nc2)CC1. The van der Waals surface area contributed by atoms with Gasteiger partial charge in [0.15, 0.2) is 5.82 Å². The van der Waals surface area contributed by atoms with Crippen LogP contribution in [0.5, 0.6) is 11.5 Å². The van der Waals surface area contributed by atoms with E-state index in [-0.39, 0.29) is 0 Å². The van der Waals surface area contributed by atoms with Crippen LogP contribution in [-0.2, 0) is 0 Å². The second-order valence-electron chi connectivity index (χ2n) is 9.42. The van der Waals surface area contributed by atoms with E-state index in [2.05, 4.69) is 16.9 Å². The second-order valence-corrected chi connectivity index (χ2v) is 9.42. The topological polar surface area (TPSA) is 61.3 Å². The fourth-order valence-electron chi connectivity index (χ4n) is 4.86. The molecule has 0 aliphatic heterocycles. The first-order valence-electron chi connectivity index (χ1n) is 13.0. The number of rotatable bonds is 10. The number of hydrogen-bond donors (Lipinski definition) is 0. The maximum atomic E-state index is 12.4. The van der Waals surface area contributed by atoms with E-state index in [1.54, 1.807) is 36.4 Å². The van der Waals surface area contributed by atoms with Crippen LogP contribution in [0.4, 0.5) is 0 Å².